The lowest BCUT2D eigenvalue weighted by atomic mass is 9.96. The molecule has 2 atom stereocenters. The molecule has 1 N–H and O–H groups in total. The minimum absolute atomic E-state index is 0.163. The van der Waals surface area contributed by atoms with Crippen LogP contribution in [0.1, 0.15) is 43.8 Å². The first-order chi connectivity index (χ1) is 18.9. The normalized spacial score (nSPS) is 12.5. The SMILES string of the molecule is CCC[C@@H](C(=O)N[C@@H](CC(=O)OC)c1cccc(-c2c(F)cccc2OC)c1)n1cnc2ccccc2c1=O. The summed E-state index contributed by atoms with van der Waals surface area (Å²) < 4.78 is 26.4. The van der Waals surface area contributed by atoms with Crippen LogP contribution in [-0.4, -0.2) is 35.6 Å². The molecule has 0 aliphatic rings. The second-order valence-electron chi connectivity index (χ2n) is 9.06. The highest BCUT2D eigenvalue weighted by atomic mass is 19.1. The first-order valence-electron chi connectivity index (χ1n) is 12.6. The molecule has 3 aromatic carbocycles. The summed E-state index contributed by atoms with van der Waals surface area (Å²) in [4.78, 5) is 43.6. The number of hydrogen-bond donors (Lipinski definition) is 1. The van der Waals surface area contributed by atoms with Gasteiger partial charge in [-0.1, -0.05) is 49.7 Å². The topological polar surface area (TPSA) is 99.5 Å². The number of esters is 1. The van der Waals surface area contributed by atoms with Gasteiger partial charge < -0.3 is 14.8 Å². The van der Waals surface area contributed by atoms with Gasteiger partial charge in [0.1, 0.15) is 17.6 Å². The van der Waals surface area contributed by atoms with Crippen LogP contribution in [0.4, 0.5) is 4.39 Å². The van der Waals surface area contributed by atoms with Crippen LogP contribution in [0.25, 0.3) is 22.0 Å². The molecule has 4 aromatic rings. The smallest absolute Gasteiger partial charge is 0.307 e. The largest absolute Gasteiger partial charge is 0.496 e. The molecular weight excluding hydrogens is 501 g/mol. The molecule has 9 heteroatoms. The van der Waals surface area contributed by atoms with Crippen molar-refractivity contribution in [2.75, 3.05) is 14.2 Å². The van der Waals surface area contributed by atoms with Gasteiger partial charge in [-0.3, -0.25) is 19.0 Å². The summed E-state index contributed by atoms with van der Waals surface area (Å²) in [5.74, 6) is -1.09. The van der Waals surface area contributed by atoms with Crippen LogP contribution >= 0.6 is 0 Å². The summed E-state index contributed by atoms with van der Waals surface area (Å²) >= 11 is 0. The van der Waals surface area contributed by atoms with E-state index in [4.69, 9.17) is 9.47 Å². The molecule has 0 saturated carbocycles. The van der Waals surface area contributed by atoms with E-state index in [1.807, 2.05) is 6.92 Å². The predicted octanol–water partition coefficient (Wildman–Crippen LogP) is 4.97. The van der Waals surface area contributed by atoms with Gasteiger partial charge in [0.25, 0.3) is 5.56 Å². The number of ether oxygens (including phenoxy) is 2. The van der Waals surface area contributed by atoms with Crippen molar-refractivity contribution in [1.82, 2.24) is 14.9 Å². The van der Waals surface area contributed by atoms with Gasteiger partial charge in [0, 0.05) is 0 Å². The molecule has 39 heavy (non-hydrogen) atoms. The zero-order chi connectivity index (χ0) is 27.9. The molecule has 0 spiro atoms. The second-order valence-corrected chi connectivity index (χ2v) is 9.06. The van der Waals surface area contributed by atoms with Crippen molar-refractivity contribution in [3.8, 4) is 16.9 Å². The Morgan fingerprint density at radius 3 is 2.56 bits per heavy atom. The first-order valence-corrected chi connectivity index (χ1v) is 12.6. The van der Waals surface area contributed by atoms with Gasteiger partial charge in [-0.05, 0) is 47.9 Å². The number of aromatic nitrogens is 2. The number of halogens is 1. The fourth-order valence-electron chi connectivity index (χ4n) is 4.61. The first kappa shape index (κ1) is 27.5. The lowest BCUT2D eigenvalue weighted by molar-refractivity contribution is -0.141. The quantitative estimate of drug-likeness (QED) is 0.290. The molecule has 202 valence electrons. The Balaban J connectivity index is 1.71. The van der Waals surface area contributed by atoms with E-state index in [2.05, 4.69) is 10.3 Å². The van der Waals surface area contributed by atoms with Crippen LogP contribution in [0, 0.1) is 5.82 Å². The van der Waals surface area contributed by atoms with E-state index in [1.54, 1.807) is 60.7 Å². The number of rotatable bonds is 10. The van der Waals surface area contributed by atoms with Crippen molar-refractivity contribution in [1.29, 1.82) is 0 Å². The zero-order valence-corrected chi connectivity index (χ0v) is 22.0. The Kier molecular flexibility index (Phi) is 8.70. The van der Waals surface area contributed by atoms with Crippen molar-refractivity contribution < 1.29 is 23.5 Å². The number of methoxy groups -OCH3 is 2. The summed E-state index contributed by atoms with van der Waals surface area (Å²) in [6.45, 7) is 1.91. The van der Waals surface area contributed by atoms with Crippen LogP contribution in [0.5, 0.6) is 5.75 Å². The van der Waals surface area contributed by atoms with Crippen LogP contribution in [0.3, 0.4) is 0 Å². The van der Waals surface area contributed by atoms with E-state index in [1.165, 1.54) is 31.2 Å². The van der Waals surface area contributed by atoms with Crippen LogP contribution in [0.15, 0.2) is 77.9 Å². The highest BCUT2D eigenvalue weighted by molar-refractivity contribution is 5.83. The van der Waals surface area contributed by atoms with Crippen LogP contribution in [-0.2, 0) is 14.3 Å². The minimum Gasteiger partial charge on any atom is -0.496 e. The summed E-state index contributed by atoms with van der Waals surface area (Å²) in [7, 11) is 2.72. The van der Waals surface area contributed by atoms with Gasteiger partial charge >= 0.3 is 5.97 Å². The maximum atomic E-state index is 14.8. The van der Waals surface area contributed by atoms with Crippen LogP contribution in [0.2, 0.25) is 0 Å². The molecule has 0 aliphatic heterocycles. The fraction of sp³-hybridized carbons (Fsp3) is 0.267. The summed E-state index contributed by atoms with van der Waals surface area (Å²) in [5.41, 5.74) is 1.57. The molecule has 0 bridgehead atoms. The molecule has 0 aliphatic carbocycles. The van der Waals surface area contributed by atoms with Crippen molar-refractivity contribution in [3.05, 3.63) is 94.8 Å². The lowest BCUT2D eigenvalue weighted by Crippen LogP contribution is -2.39. The molecular formula is C30H30FN3O5. The Hall–Kier alpha value is -4.53. The average molecular weight is 532 g/mol. The van der Waals surface area contributed by atoms with Gasteiger partial charge in [0.2, 0.25) is 5.91 Å². The number of fused-ring (bicyclic) bond motifs is 1. The average Bonchev–Trinajstić information content (AvgIpc) is 2.96. The molecule has 8 nitrogen and oxygen atoms in total. The Morgan fingerprint density at radius 2 is 1.82 bits per heavy atom. The summed E-state index contributed by atoms with van der Waals surface area (Å²) in [5, 5.41) is 3.34. The number of nitrogens with zero attached hydrogens (tertiary/aromatic N) is 2. The highest BCUT2D eigenvalue weighted by Gasteiger charge is 2.27. The number of carbonyl (C=O) groups is 2. The van der Waals surface area contributed by atoms with E-state index in [0.29, 0.717) is 40.6 Å². The molecule has 0 fully saturated rings. The second kappa shape index (κ2) is 12.3. The Morgan fingerprint density at radius 1 is 1.05 bits per heavy atom. The predicted molar refractivity (Wildman–Crippen MR) is 146 cm³/mol. The molecule has 1 aromatic heterocycles. The van der Waals surface area contributed by atoms with Gasteiger partial charge in [-0.25, -0.2) is 9.37 Å². The summed E-state index contributed by atoms with van der Waals surface area (Å²) in [6.07, 6.45) is 2.22. The van der Waals surface area contributed by atoms with Crippen molar-refractivity contribution in [2.45, 2.75) is 38.3 Å². The molecule has 0 radical (unpaired) electrons. The highest BCUT2D eigenvalue weighted by Crippen LogP contribution is 2.34. The van der Waals surface area contributed by atoms with Gasteiger partial charge in [0.15, 0.2) is 0 Å². The minimum atomic E-state index is -0.852. The Bertz CT molecular complexity index is 1550. The molecule has 1 amide bonds. The van der Waals surface area contributed by atoms with E-state index >= 15 is 0 Å². The van der Waals surface area contributed by atoms with E-state index in [-0.39, 0.29) is 17.5 Å². The van der Waals surface area contributed by atoms with Gasteiger partial charge in [-0.15, -0.1) is 0 Å². The lowest BCUT2D eigenvalue weighted by Gasteiger charge is -2.24. The monoisotopic (exact) mass is 531 g/mol. The Labute approximate surface area is 225 Å². The number of benzene rings is 3. The van der Waals surface area contributed by atoms with Gasteiger partial charge in [-0.2, -0.15) is 0 Å². The van der Waals surface area contributed by atoms with E-state index < -0.39 is 29.8 Å². The molecule has 0 unspecified atom stereocenters. The molecule has 0 saturated heterocycles. The van der Waals surface area contributed by atoms with E-state index in [0.717, 1.165) is 0 Å². The third-order valence-corrected chi connectivity index (χ3v) is 6.58. The number of hydrogen-bond acceptors (Lipinski definition) is 6. The maximum absolute atomic E-state index is 14.8. The third-order valence-electron chi connectivity index (χ3n) is 6.58. The molecule has 1 heterocycles. The number of para-hydroxylation sites is 1. The number of nitrogens with one attached hydrogen (secondary N) is 1. The molecule has 4 rings (SSSR count). The van der Waals surface area contributed by atoms with Crippen molar-refractivity contribution in [2.24, 2.45) is 0 Å². The van der Waals surface area contributed by atoms with Gasteiger partial charge in [0.05, 0.1) is 49.5 Å². The van der Waals surface area contributed by atoms with Crippen molar-refractivity contribution >= 4 is 22.8 Å². The standard InChI is InChI=1S/C30H30FN3O5/c1-4-9-25(34-18-32-23-14-6-5-12-21(23)30(34)37)29(36)33-24(17-27(35)39-3)19-10-7-11-20(16-19)28-22(31)13-8-15-26(28)38-2/h5-8,10-16,18,24-25H,4,9,17H2,1-3H3,(H,33,36)/t24-,25-/m0/s1. The summed E-state index contributed by atoms with van der Waals surface area (Å²) in [6, 6.07) is 16.7. The van der Waals surface area contributed by atoms with Crippen LogP contribution < -0.4 is 15.6 Å². The maximum Gasteiger partial charge on any atom is 0.307 e. The van der Waals surface area contributed by atoms with E-state index in [9.17, 15) is 18.8 Å². The van der Waals surface area contributed by atoms with Crippen molar-refractivity contribution in [3.63, 3.8) is 0 Å². The zero-order valence-electron chi connectivity index (χ0n) is 22.0. The third kappa shape index (κ3) is 5.98. The number of amides is 1. The fourth-order valence-corrected chi connectivity index (χ4v) is 4.61. The number of carbonyl (C=O) groups excluding carboxylic acids is 2.